The zero-order valence-corrected chi connectivity index (χ0v) is 15.2. The Bertz CT molecular complexity index is 1150. The standard InChI is InChI=1S/C19H16N6OS/c26-17(16-7-8-20-18-21-11-22-25(16)18)24-19-23-15(10-27-19)14-6-5-12-3-1-2-4-13(12)9-14/h5-11H,1-4H2,(H,23,24,26). The van der Waals surface area contributed by atoms with Crippen molar-refractivity contribution in [3.05, 3.63) is 59.0 Å². The maximum Gasteiger partial charge on any atom is 0.276 e. The van der Waals surface area contributed by atoms with E-state index in [4.69, 9.17) is 0 Å². The highest BCUT2D eigenvalue weighted by Crippen LogP contribution is 2.29. The molecule has 0 radical (unpaired) electrons. The van der Waals surface area contributed by atoms with E-state index in [0.717, 1.165) is 24.1 Å². The highest BCUT2D eigenvalue weighted by Gasteiger charge is 2.15. The molecule has 1 amide bonds. The summed E-state index contributed by atoms with van der Waals surface area (Å²) in [5, 5.41) is 9.41. The smallest absolute Gasteiger partial charge is 0.276 e. The predicted molar refractivity (Wildman–Crippen MR) is 103 cm³/mol. The number of hydrogen-bond donors (Lipinski definition) is 1. The van der Waals surface area contributed by atoms with Crippen LogP contribution in [-0.4, -0.2) is 30.5 Å². The fourth-order valence-corrected chi connectivity index (χ4v) is 4.14. The Kier molecular flexibility index (Phi) is 3.90. The quantitative estimate of drug-likeness (QED) is 0.592. The monoisotopic (exact) mass is 376 g/mol. The summed E-state index contributed by atoms with van der Waals surface area (Å²) < 4.78 is 1.41. The summed E-state index contributed by atoms with van der Waals surface area (Å²) in [5.41, 5.74) is 5.20. The normalized spacial score (nSPS) is 13.5. The summed E-state index contributed by atoms with van der Waals surface area (Å²) in [7, 11) is 0. The molecule has 0 atom stereocenters. The summed E-state index contributed by atoms with van der Waals surface area (Å²) in [4.78, 5) is 25.3. The number of rotatable bonds is 3. The molecule has 0 spiro atoms. The Morgan fingerprint density at radius 3 is 2.93 bits per heavy atom. The summed E-state index contributed by atoms with van der Waals surface area (Å²) in [5.74, 6) is 0.0933. The van der Waals surface area contributed by atoms with Gasteiger partial charge in [-0.15, -0.1) is 11.3 Å². The van der Waals surface area contributed by atoms with Crippen molar-refractivity contribution >= 4 is 28.2 Å². The van der Waals surface area contributed by atoms with Crippen LogP contribution in [0.1, 0.15) is 34.5 Å². The minimum Gasteiger partial charge on any atom is -0.296 e. The largest absolute Gasteiger partial charge is 0.296 e. The van der Waals surface area contributed by atoms with E-state index in [2.05, 4.69) is 43.6 Å². The Balaban J connectivity index is 1.39. The molecule has 8 heteroatoms. The maximum atomic E-state index is 12.6. The number of benzene rings is 1. The van der Waals surface area contributed by atoms with Gasteiger partial charge in [-0.2, -0.15) is 14.6 Å². The van der Waals surface area contributed by atoms with Crippen molar-refractivity contribution in [3.63, 3.8) is 0 Å². The lowest BCUT2D eigenvalue weighted by atomic mass is 9.90. The summed E-state index contributed by atoms with van der Waals surface area (Å²) in [6.07, 6.45) is 7.73. The van der Waals surface area contributed by atoms with Gasteiger partial charge in [-0.3, -0.25) is 10.1 Å². The van der Waals surface area contributed by atoms with Crippen molar-refractivity contribution < 1.29 is 4.79 Å². The second-order valence-corrected chi connectivity index (χ2v) is 7.34. The van der Waals surface area contributed by atoms with Crippen molar-refractivity contribution in [2.45, 2.75) is 25.7 Å². The molecule has 0 bridgehead atoms. The van der Waals surface area contributed by atoms with Gasteiger partial charge in [0, 0.05) is 17.1 Å². The van der Waals surface area contributed by atoms with Crippen LogP contribution in [0.2, 0.25) is 0 Å². The number of anilines is 1. The van der Waals surface area contributed by atoms with Crippen LogP contribution in [0, 0.1) is 0 Å². The lowest BCUT2D eigenvalue weighted by molar-refractivity contribution is 0.102. The molecule has 0 saturated carbocycles. The lowest BCUT2D eigenvalue weighted by Crippen LogP contribution is -2.16. The third kappa shape index (κ3) is 2.97. The van der Waals surface area contributed by atoms with Crippen molar-refractivity contribution in [2.75, 3.05) is 5.32 Å². The number of aromatic nitrogens is 5. The van der Waals surface area contributed by atoms with Gasteiger partial charge in [0.2, 0.25) is 0 Å². The first-order chi connectivity index (χ1) is 13.3. The van der Waals surface area contributed by atoms with E-state index < -0.39 is 0 Å². The molecule has 0 unspecified atom stereocenters. The SMILES string of the molecule is O=C(Nc1nc(-c2ccc3c(c2)CCCC3)cs1)c1ccnc2ncnn12. The fourth-order valence-electron chi connectivity index (χ4n) is 3.43. The van der Waals surface area contributed by atoms with Crippen LogP contribution in [0.4, 0.5) is 5.13 Å². The molecule has 1 aromatic carbocycles. The number of amides is 1. The summed E-state index contributed by atoms with van der Waals surface area (Å²) in [6, 6.07) is 8.17. The number of thiazole rings is 1. The van der Waals surface area contributed by atoms with Gasteiger partial charge in [0.1, 0.15) is 12.0 Å². The van der Waals surface area contributed by atoms with Gasteiger partial charge in [-0.25, -0.2) is 9.97 Å². The minimum absolute atomic E-state index is 0.292. The molecule has 3 aromatic heterocycles. The fraction of sp³-hybridized carbons (Fsp3) is 0.211. The van der Waals surface area contributed by atoms with E-state index in [-0.39, 0.29) is 5.91 Å². The maximum absolute atomic E-state index is 12.6. The number of fused-ring (bicyclic) bond motifs is 2. The number of hydrogen-bond acceptors (Lipinski definition) is 6. The van der Waals surface area contributed by atoms with E-state index in [1.165, 1.54) is 46.1 Å². The van der Waals surface area contributed by atoms with Gasteiger partial charge in [0.15, 0.2) is 5.13 Å². The molecule has 1 N–H and O–H groups in total. The van der Waals surface area contributed by atoms with Crippen LogP contribution in [-0.2, 0) is 12.8 Å². The second-order valence-electron chi connectivity index (χ2n) is 6.48. The molecular weight excluding hydrogens is 360 g/mol. The molecule has 1 aliphatic rings. The van der Waals surface area contributed by atoms with Gasteiger partial charge in [0.25, 0.3) is 11.7 Å². The molecule has 5 rings (SSSR count). The zero-order chi connectivity index (χ0) is 18.2. The molecule has 7 nitrogen and oxygen atoms in total. The lowest BCUT2D eigenvalue weighted by Gasteiger charge is -2.16. The molecule has 0 saturated heterocycles. The van der Waals surface area contributed by atoms with E-state index >= 15 is 0 Å². The highest BCUT2D eigenvalue weighted by molar-refractivity contribution is 7.14. The third-order valence-corrected chi connectivity index (χ3v) is 5.54. The first kappa shape index (κ1) is 16.1. The van der Waals surface area contributed by atoms with Gasteiger partial charge in [-0.05, 0) is 48.9 Å². The minimum atomic E-state index is -0.292. The van der Waals surface area contributed by atoms with Crippen LogP contribution in [0.5, 0.6) is 0 Å². The van der Waals surface area contributed by atoms with Crippen LogP contribution in [0.25, 0.3) is 17.0 Å². The molecular formula is C19H16N6OS. The molecule has 0 aliphatic heterocycles. The number of aryl methyl sites for hydroxylation is 2. The Morgan fingerprint density at radius 1 is 1.11 bits per heavy atom. The summed E-state index contributed by atoms with van der Waals surface area (Å²) >= 11 is 1.41. The number of carbonyl (C=O) groups is 1. The molecule has 0 fully saturated rings. The Labute approximate surface area is 159 Å². The predicted octanol–water partition coefficient (Wildman–Crippen LogP) is 3.38. The van der Waals surface area contributed by atoms with Gasteiger partial charge >= 0.3 is 0 Å². The Morgan fingerprint density at radius 2 is 2.00 bits per heavy atom. The van der Waals surface area contributed by atoms with E-state index in [1.54, 1.807) is 12.3 Å². The highest BCUT2D eigenvalue weighted by atomic mass is 32.1. The van der Waals surface area contributed by atoms with Crippen LogP contribution in [0.15, 0.2) is 42.2 Å². The Hall–Kier alpha value is -3.13. The zero-order valence-electron chi connectivity index (χ0n) is 14.4. The molecule has 4 aromatic rings. The molecule has 1 aliphatic carbocycles. The third-order valence-electron chi connectivity index (χ3n) is 4.78. The average Bonchev–Trinajstić information content (AvgIpc) is 3.36. The molecule has 3 heterocycles. The van der Waals surface area contributed by atoms with Crippen LogP contribution in [0.3, 0.4) is 0 Å². The summed E-state index contributed by atoms with van der Waals surface area (Å²) in [6.45, 7) is 0. The first-order valence-electron chi connectivity index (χ1n) is 8.82. The molecule has 27 heavy (non-hydrogen) atoms. The molecule has 134 valence electrons. The van der Waals surface area contributed by atoms with Crippen molar-refractivity contribution in [1.29, 1.82) is 0 Å². The second kappa shape index (κ2) is 6.55. The van der Waals surface area contributed by atoms with E-state index in [0.29, 0.717) is 16.6 Å². The van der Waals surface area contributed by atoms with Gasteiger partial charge in [0.05, 0.1) is 5.69 Å². The number of carbonyl (C=O) groups excluding carboxylic acids is 1. The first-order valence-corrected chi connectivity index (χ1v) is 9.70. The van der Waals surface area contributed by atoms with Crippen LogP contribution >= 0.6 is 11.3 Å². The van der Waals surface area contributed by atoms with Crippen LogP contribution < -0.4 is 5.32 Å². The van der Waals surface area contributed by atoms with E-state index in [1.807, 2.05) is 5.38 Å². The number of nitrogens with zero attached hydrogens (tertiary/aromatic N) is 5. The van der Waals surface area contributed by atoms with Crippen molar-refractivity contribution in [3.8, 4) is 11.3 Å². The topological polar surface area (TPSA) is 85.1 Å². The van der Waals surface area contributed by atoms with Gasteiger partial charge in [-0.1, -0.05) is 12.1 Å². The number of nitrogens with one attached hydrogen (secondary N) is 1. The van der Waals surface area contributed by atoms with Crippen molar-refractivity contribution in [1.82, 2.24) is 24.6 Å². The average molecular weight is 376 g/mol. The van der Waals surface area contributed by atoms with E-state index in [9.17, 15) is 4.79 Å². The van der Waals surface area contributed by atoms with Gasteiger partial charge < -0.3 is 0 Å². The van der Waals surface area contributed by atoms with Crippen molar-refractivity contribution in [2.24, 2.45) is 0 Å².